The van der Waals surface area contributed by atoms with Crippen LogP contribution in [-0.4, -0.2) is 17.7 Å². The van der Waals surface area contributed by atoms with Gasteiger partial charge in [-0.3, -0.25) is 0 Å². The topological polar surface area (TPSA) is 46.5 Å². The summed E-state index contributed by atoms with van der Waals surface area (Å²) in [5.74, 6) is -0.363. The highest BCUT2D eigenvalue weighted by atomic mass is 35.5. The molecule has 84 valence electrons. The quantitative estimate of drug-likeness (QED) is 0.894. The molecule has 2 aromatic carbocycles. The van der Waals surface area contributed by atoms with Crippen molar-refractivity contribution in [3.63, 3.8) is 0 Å². The second-order valence-corrected chi connectivity index (χ2v) is 3.16. The number of fused-ring (bicyclic) bond motifs is 1. The molecule has 0 aromatic heterocycles. The Kier molecular flexibility index (Phi) is 4.14. The van der Waals surface area contributed by atoms with E-state index in [4.69, 9.17) is 9.84 Å². The zero-order chi connectivity index (χ0) is 10.7. The average Bonchev–Trinajstić information content (AvgIpc) is 2.26. The number of carboxylic acids is 1. The highest BCUT2D eigenvalue weighted by Gasteiger charge is 2.03. The van der Waals surface area contributed by atoms with Gasteiger partial charge in [0.15, 0.2) is 6.61 Å². The van der Waals surface area contributed by atoms with E-state index in [1.54, 1.807) is 6.07 Å². The van der Waals surface area contributed by atoms with Crippen LogP contribution in [0, 0.1) is 0 Å². The van der Waals surface area contributed by atoms with Crippen molar-refractivity contribution in [2.45, 2.75) is 0 Å². The molecule has 0 aliphatic heterocycles. The Labute approximate surface area is 99.1 Å². The number of benzene rings is 2. The zero-order valence-electron chi connectivity index (χ0n) is 8.42. The van der Waals surface area contributed by atoms with Crippen molar-refractivity contribution in [2.24, 2.45) is 0 Å². The predicted octanol–water partition coefficient (Wildman–Crippen LogP) is 2.73. The molecule has 16 heavy (non-hydrogen) atoms. The Morgan fingerprint density at radius 2 is 1.81 bits per heavy atom. The first kappa shape index (κ1) is 12.3. The number of rotatable bonds is 3. The maximum atomic E-state index is 10.4. The number of hydrogen-bond donors (Lipinski definition) is 1. The Morgan fingerprint density at radius 1 is 1.12 bits per heavy atom. The van der Waals surface area contributed by atoms with Crippen LogP contribution < -0.4 is 4.74 Å². The van der Waals surface area contributed by atoms with Crippen LogP contribution in [0.1, 0.15) is 0 Å². The van der Waals surface area contributed by atoms with Gasteiger partial charge in [-0.15, -0.1) is 12.4 Å². The van der Waals surface area contributed by atoms with E-state index in [0.717, 1.165) is 10.8 Å². The van der Waals surface area contributed by atoms with Gasteiger partial charge in [-0.25, -0.2) is 4.79 Å². The van der Waals surface area contributed by atoms with Crippen molar-refractivity contribution in [1.82, 2.24) is 0 Å². The fourth-order valence-electron chi connectivity index (χ4n) is 1.46. The van der Waals surface area contributed by atoms with Gasteiger partial charge in [0.05, 0.1) is 0 Å². The summed E-state index contributed by atoms with van der Waals surface area (Å²) in [4.78, 5) is 10.4. The van der Waals surface area contributed by atoms with E-state index in [0.29, 0.717) is 5.75 Å². The summed E-state index contributed by atoms with van der Waals surface area (Å²) in [5, 5.41) is 10.5. The summed E-state index contributed by atoms with van der Waals surface area (Å²) in [7, 11) is 0. The van der Waals surface area contributed by atoms with Crippen LogP contribution in [-0.2, 0) is 4.79 Å². The Balaban J connectivity index is 0.00000128. The van der Waals surface area contributed by atoms with E-state index < -0.39 is 5.97 Å². The summed E-state index contributed by atoms with van der Waals surface area (Å²) in [6.45, 7) is -0.312. The lowest BCUT2D eigenvalue weighted by atomic mass is 10.1. The third-order valence-corrected chi connectivity index (χ3v) is 2.10. The Hall–Kier alpha value is -1.74. The van der Waals surface area contributed by atoms with E-state index in [-0.39, 0.29) is 19.0 Å². The van der Waals surface area contributed by atoms with Gasteiger partial charge in [-0.2, -0.15) is 0 Å². The van der Waals surface area contributed by atoms with Gasteiger partial charge in [0, 0.05) is 5.39 Å². The Bertz CT molecular complexity index is 491. The zero-order valence-corrected chi connectivity index (χ0v) is 9.24. The molecule has 2 aromatic rings. The van der Waals surface area contributed by atoms with Gasteiger partial charge in [-0.05, 0) is 11.5 Å². The van der Waals surface area contributed by atoms with Crippen molar-refractivity contribution in [3.8, 4) is 5.75 Å². The maximum Gasteiger partial charge on any atom is 0.341 e. The molecule has 2 rings (SSSR count). The lowest BCUT2D eigenvalue weighted by Gasteiger charge is -2.06. The first-order chi connectivity index (χ1) is 7.27. The molecule has 0 spiro atoms. The van der Waals surface area contributed by atoms with Crippen molar-refractivity contribution in [2.75, 3.05) is 6.61 Å². The van der Waals surface area contributed by atoms with Gasteiger partial charge < -0.3 is 9.84 Å². The van der Waals surface area contributed by atoms with Crippen LogP contribution in [0.5, 0.6) is 5.75 Å². The van der Waals surface area contributed by atoms with Crippen LogP contribution in [0.25, 0.3) is 10.8 Å². The molecule has 1 N–H and O–H groups in total. The second kappa shape index (κ2) is 5.37. The molecule has 0 aliphatic carbocycles. The van der Waals surface area contributed by atoms with Crippen molar-refractivity contribution in [3.05, 3.63) is 42.5 Å². The van der Waals surface area contributed by atoms with Gasteiger partial charge in [0.1, 0.15) is 5.75 Å². The number of halogens is 1. The number of hydrogen-bond acceptors (Lipinski definition) is 2. The van der Waals surface area contributed by atoms with Crippen molar-refractivity contribution < 1.29 is 14.6 Å². The SMILES string of the molecule is Cl.O=C(O)COc1cccc2ccccc12. The first-order valence-corrected chi connectivity index (χ1v) is 4.60. The number of carbonyl (C=O) groups is 1. The number of aliphatic carboxylic acids is 1. The van der Waals surface area contributed by atoms with E-state index >= 15 is 0 Å². The van der Waals surface area contributed by atoms with Crippen LogP contribution in [0.15, 0.2) is 42.5 Å². The fraction of sp³-hybridized carbons (Fsp3) is 0.0833. The van der Waals surface area contributed by atoms with Gasteiger partial charge in [-0.1, -0.05) is 36.4 Å². The minimum atomic E-state index is -0.970. The third-order valence-electron chi connectivity index (χ3n) is 2.10. The van der Waals surface area contributed by atoms with E-state index in [1.807, 2.05) is 36.4 Å². The largest absolute Gasteiger partial charge is 0.481 e. The number of carboxylic acid groups (broad SMARTS) is 1. The molecule has 0 amide bonds. The van der Waals surface area contributed by atoms with Gasteiger partial charge >= 0.3 is 5.97 Å². The highest BCUT2D eigenvalue weighted by molar-refractivity contribution is 5.88. The third kappa shape index (κ3) is 2.64. The summed E-state index contributed by atoms with van der Waals surface area (Å²) in [6, 6.07) is 13.3. The van der Waals surface area contributed by atoms with E-state index in [9.17, 15) is 4.79 Å². The van der Waals surface area contributed by atoms with Crippen LogP contribution in [0.3, 0.4) is 0 Å². The molecule has 0 radical (unpaired) electrons. The van der Waals surface area contributed by atoms with Crippen LogP contribution in [0.4, 0.5) is 0 Å². The Morgan fingerprint density at radius 3 is 2.56 bits per heavy atom. The second-order valence-electron chi connectivity index (χ2n) is 3.16. The molecule has 0 aliphatic rings. The molecule has 4 heteroatoms. The first-order valence-electron chi connectivity index (χ1n) is 4.60. The van der Waals surface area contributed by atoms with Crippen molar-refractivity contribution in [1.29, 1.82) is 0 Å². The fourth-order valence-corrected chi connectivity index (χ4v) is 1.46. The summed E-state index contributed by atoms with van der Waals surface area (Å²) in [5.41, 5.74) is 0. The lowest BCUT2D eigenvalue weighted by Crippen LogP contribution is -2.09. The lowest BCUT2D eigenvalue weighted by molar-refractivity contribution is -0.139. The normalized spacial score (nSPS) is 9.50. The standard InChI is InChI=1S/C12H10O3.ClH/c13-12(14)8-15-11-7-3-5-9-4-1-2-6-10(9)11;/h1-7H,8H2,(H,13,14);1H. The predicted molar refractivity (Wildman–Crippen MR) is 64.3 cm³/mol. The molecule has 0 heterocycles. The van der Waals surface area contributed by atoms with E-state index in [2.05, 4.69) is 0 Å². The monoisotopic (exact) mass is 238 g/mol. The van der Waals surface area contributed by atoms with Gasteiger partial charge in [0.2, 0.25) is 0 Å². The minimum Gasteiger partial charge on any atom is -0.481 e. The summed E-state index contributed by atoms with van der Waals surface area (Å²) in [6.07, 6.45) is 0. The van der Waals surface area contributed by atoms with Gasteiger partial charge in [0.25, 0.3) is 0 Å². The average molecular weight is 239 g/mol. The molecule has 0 atom stereocenters. The summed E-state index contributed by atoms with van der Waals surface area (Å²) < 4.78 is 5.18. The molecule has 3 nitrogen and oxygen atoms in total. The van der Waals surface area contributed by atoms with Crippen molar-refractivity contribution >= 4 is 29.1 Å². The molecule has 0 fully saturated rings. The van der Waals surface area contributed by atoms with Crippen LogP contribution >= 0.6 is 12.4 Å². The molecule has 0 bridgehead atoms. The maximum absolute atomic E-state index is 10.4. The minimum absolute atomic E-state index is 0. The van der Waals surface area contributed by atoms with Crippen LogP contribution in [0.2, 0.25) is 0 Å². The smallest absolute Gasteiger partial charge is 0.341 e. The summed E-state index contributed by atoms with van der Waals surface area (Å²) >= 11 is 0. The van der Waals surface area contributed by atoms with E-state index in [1.165, 1.54) is 0 Å². The molecule has 0 saturated heterocycles. The molecule has 0 saturated carbocycles. The molecule has 0 unspecified atom stereocenters. The molecular weight excluding hydrogens is 228 g/mol. The highest BCUT2D eigenvalue weighted by Crippen LogP contribution is 2.24. The molecular formula is C12H11ClO3. The number of ether oxygens (including phenoxy) is 1.